The molecule has 1 aliphatic rings. The van der Waals surface area contributed by atoms with Crippen molar-refractivity contribution in [2.45, 2.75) is 13.3 Å². The smallest absolute Gasteiger partial charge is 0.311 e. The molecule has 1 unspecified atom stereocenters. The van der Waals surface area contributed by atoms with E-state index in [0.717, 1.165) is 16.5 Å². The molecule has 0 radical (unpaired) electrons. The molecule has 1 N–H and O–H groups in total. The van der Waals surface area contributed by atoms with E-state index >= 15 is 0 Å². The maximum Gasteiger partial charge on any atom is 0.311 e. The number of likely N-dealkylation sites (tertiary alicyclic amines) is 1. The zero-order valence-corrected chi connectivity index (χ0v) is 13.3. The number of amides is 1. The Morgan fingerprint density at radius 2 is 2.04 bits per heavy atom. The summed E-state index contributed by atoms with van der Waals surface area (Å²) in [6.07, 6.45) is 5.83. The number of carboxylic acid groups (broad SMARTS) is 1. The van der Waals surface area contributed by atoms with Crippen LogP contribution in [0.5, 0.6) is 0 Å². The molecule has 120 valence electrons. The van der Waals surface area contributed by atoms with Crippen LogP contribution in [0.2, 0.25) is 0 Å². The number of fused-ring (bicyclic) bond motifs is 1. The Balaban J connectivity index is 1.78. The van der Waals surface area contributed by atoms with E-state index in [0.29, 0.717) is 13.0 Å². The van der Waals surface area contributed by atoms with Crippen molar-refractivity contribution in [1.82, 2.24) is 9.47 Å². The minimum Gasteiger partial charge on any atom is -0.481 e. The lowest BCUT2D eigenvalue weighted by Crippen LogP contribution is -2.34. The average Bonchev–Trinajstić information content (AvgIpc) is 3.08. The monoisotopic (exact) mass is 312 g/mol. The molecule has 1 saturated heterocycles. The molecule has 0 aliphatic carbocycles. The molecular weight excluding hydrogens is 292 g/mol. The van der Waals surface area contributed by atoms with E-state index < -0.39 is 11.4 Å². The van der Waals surface area contributed by atoms with Gasteiger partial charge >= 0.3 is 5.97 Å². The summed E-state index contributed by atoms with van der Waals surface area (Å²) in [7, 11) is 1.97. The summed E-state index contributed by atoms with van der Waals surface area (Å²) in [6, 6.07) is 8.02. The fourth-order valence-electron chi connectivity index (χ4n) is 3.10. The SMILES string of the molecule is Cn1cc(C=CC(=O)N2CCC(C)(C(=O)O)C2)c2ccccc21. The molecule has 2 aromatic rings. The molecule has 5 nitrogen and oxygen atoms in total. The molecule has 1 amide bonds. The maximum absolute atomic E-state index is 12.3. The number of carboxylic acids is 1. The molecule has 0 bridgehead atoms. The molecule has 0 saturated carbocycles. The van der Waals surface area contributed by atoms with Crippen LogP contribution in [0.25, 0.3) is 17.0 Å². The van der Waals surface area contributed by atoms with E-state index in [1.54, 1.807) is 17.9 Å². The van der Waals surface area contributed by atoms with E-state index in [-0.39, 0.29) is 12.5 Å². The van der Waals surface area contributed by atoms with Crippen LogP contribution in [0, 0.1) is 5.41 Å². The van der Waals surface area contributed by atoms with Crippen molar-refractivity contribution in [3.8, 4) is 0 Å². The summed E-state index contributed by atoms with van der Waals surface area (Å²) >= 11 is 0. The Kier molecular flexibility index (Phi) is 3.72. The van der Waals surface area contributed by atoms with Crippen molar-refractivity contribution in [2.24, 2.45) is 12.5 Å². The number of para-hydroxylation sites is 1. The highest BCUT2D eigenvalue weighted by Gasteiger charge is 2.41. The standard InChI is InChI=1S/C18H20N2O3/c1-18(17(22)23)9-10-20(12-18)16(21)8-7-13-11-19(2)15-6-4-3-5-14(13)15/h3-8,11H,9-10,12H2,1-2H3,(H,22,23). The van der Waals surface area contributed by atoms with Crippen LogP contribution in [0.4, 0.5) is 0 Å². The van der Waals surface area contributed by atoms with Crippen molar-refractivity contribution in [3.63, 3.8) is 0 Å². The largest absolute Gasteiger partial charge is 0.481 e. The lowest BCUT2D eigenvalue weighted by atomic mass is 9.90. The summed E-state index contributed by atoms with van der Waals surface area (Å²) in [5.74, 6) is -0.978. The molecule has 1 atom stereocenters. The van der Waals surface area contributed by atoms with Gasteiger partial charge < -0.3 is 14.6 Å². The van der Waals surface area contributed by atoms with Gasteiger partial charge in [-0.1, -0.05) is 18.2 Å². The molecule has 5 heteroatoms. The van der Waals surface area contributed by atoms with E-state index in [9.17, 15) is 14.7 Å². The lowest BCUT2D eigenvalue weighted by molar-refractivity contribution is -0.147. The molecule has 2 heterocycles. The third-order valence-corrected chi connectivity index (χ3v) is 4.63. The third kappa shape index (κ3) is 2.74. The zero-order chi connectivity index (χ0) is 16.6. The molecule has 1 aliphatic heterocycles. The highest BCUT2D eigenvalue weighted by atomic mass is 16.4. The lowest BCUT2D eigenvalue weighted by Gasteiger charge is -2.18. The summed E-state index contributed by atoms with van der Waals surface area (Å²) in [4.78, 5) is 25.2. The van der Waals surface area contributed by atoms with Crippen LogP contribution in [-0.2, 0) is 16.6 Å². The number of aromatic nitrogens is 1. The molecule has 0 spiro atoms. The Morgan fingerprint density at radius 3 is 2.74 bits per heavy atom. The number of rotatable bonds is 3. The van der Waals surface area contributed by atoms with Crippen LogP contribution >= 0.6 is 0 Å². The summed E-state index contributed by atoms with van der Waals surface area (Å²) < 4.78 is 2.02. The van der Waals surface area contributed by atoms with Crippen LogP contribution in [0.1, 0.15) is 18.9 Å². The number of hydrogen-bond donors (Lipinski definition) is 1. The number of carbonyl (C=O) groups is 2. The average molecular weight is 312 g/mol. The third-order valence-electron chi connectivity index (χ3n) is 4.63. The molecule has 1 aromatic heterocycles. The Bertz CT molecular complexity index is 806. The van der Waals surface area contributed by atoms with Gasteiger partial charge in [0, 0.05) is 48.9 Å². The van der Waals surface area contributed by atoms with Crippen molar-refractivity contribution in [2.75, 3.05) is 13.1 Å². The van der Waals surface area contributed by atoms with Crippen molar-refractivity contribution >= 4 is 28.9 Å². The van der Waals surface area contributed by atoms with Gasteiger partial charge in [0.25, 0.3) is 0 Å². The second-order valence-electron chi connectivity index (χ2n) is 6.42. The predicted molar refractivity (Wildman–Crippen MR) is 88.9 cm³/mol. The van der Waals surface area contributed by atoms with Crippen LogP contribution in [0.3, 0.4) is 0 Å². The van der Waals surface area contributed by atoms with Gasteiger partial charge in [0.1, 0.15) is 0 Å². The predicted octanol–water partition coefficient (Wildman–Crippen LogP) is 2.51. The van der Waals surface area contributed by atoms with Gasteiger partial charge in [-0.2, -0.15) is 0 Å². The fourth-order valence-corrected chi connectivity index (χ4v) is 3.10. The van der Waals surface area contributed by atoms with E-state index in [1.807, 2.05) is 42.1 Å². The van der Waals surface area contributed by atoms with E-state index in [4.69, 9.17) is 0 Å². The van der Waals surface area contributed by atoms with Gasteiger partial charge in [-0.3, -0.25) is 9.59 Å². The highest BCUT2D eigenvalue weighted by Crippen LogP contribution is 2.30. The first kappa shape index (κ1) is 15.3. The second-order valence-corrected chi connectivity index (χ2v) is 6.42. The van der Waals surface area contributed by atoms with Gasteiger partial charge in [-0.15, -0.1) is 0 Å². The first-order valence-electron chi connectivity index (χ1n) is 7.65. The first-order valence-corrected chi connectivity index (χ1v) is 7.65. The molecular formula is C18H20N2O3. The van der Waals surface area contributed by atoms with E-state index in [1.165, 1.54) is 6.08 Å². The van der Waals surface area contributed by atoms with Gasteiger partial charge in [-0.05, 0) is 25.5 Å². The van der Waals surface area contributed by atoms with Crippen LogP contribution in [0.15, 0.2) is 36.5 Å². The number of benzene rings is 1. The molecule has 1 aromatic carbocycles. The maximum atomic E-state index is 12.3. The topological polar surface area (TPSA) is 62.5 Å². The highest BCUT2D eigenvalue weighted by molar-refractivity contribution is 5.96. The summed E-state index contributed by atoms with van der Waals surface area (Å²) in [6.45, 7) is 2.44. The first-order chi connectivity index (χ1) is 10.9. The Morgan fingerprint density at radius 1 is 1.30 bits per heavy atom. The number of nitrogens with zero attached hydrogens (tertiary/aromatic N) is 2. The Hall–Kier alpha value is -2.56. The van der Waals surface area contributed by atoms with Crippen LogP contribution in [-0.4, -0.2) is 39.5 Å². The Labute approximate surface area is 134 Å². The van der Waals surface area contributed by atoms with Gasteiger partial charge in [0.15, 0.2) is 0 Å². The van der Waals surface area contributed by atoms with Crippen molar-refractivity contribution in [3.05, 3.63) is 42.1 Å². The number of carbonyl (C=O) groups excluding carboxylic acids is 1. The normalized spacial score (nSPS) is 21.4. The number of hydrogen-bond acceptors (Lipinski definition) is 2. The van der Waals surface area contributed by atoms with Crippen LogP contribution < -0.4 is 0 Å². The minimum absolute atomic E-state index is 0.136. The van der Waals surface area contributed by atoms with E-state index in [2.05, 4.69) is 0 Å². The zero-order valence-electron chi connectivity index (χ0n) is 13.3. The second kappa shape index (κ2) is 5.57. The summed E-state index contributed by atoms with van der Waals surface area (Å²) in [5, 5.41) is 10.3. The quantitative estimate of drug-likeness (QED) is 0.886. The van der Waals surface area contributed by atoms with Gasteiger partial charge in [0.05, 0.1) is 5.41 Å². The number of aryl methyl sites for hydroxylation is 1. The molecule has 1 fully saturated rings. The van der Waals surface area contributed by atoms with Gasteiger partial charge in [0.2, 0.25) is 5.91 Å². The molecule has 23 heavy (non-hydrogen) atoms. The summed E-state index contributed by atoms with van der Waals surface area (Å²) in [5.41, 5.74) is 1.26. The minimum atomic E-state index is -0.842. The number of aliphatic carboxylic acids is 1. The van der Waals surface area contributed by atoms with Crippen molar-refractivity contribution < 1.29 is 14.7 Å². The van der Waals surface area contributed by atoms with Crippen molar-refractivity contribution in [1.29, 1.82) is 0 Å². The molecule has 3 rings (SSSR count). The fraction of sp³-hybridized carbons (Fsp3) is 0.333. The van der Waals surface area contributed by atoms with Gasteiger partial charge in [-0.25, -0.2) is 0 Å².